The summed E-state index contributed by atoms with van der Waals surface area (Å²) >= 11 is 0. The van der Waals surface area contributed by atoms with Crippen molar-refractivity contribution in [3.63, 3.8) is 0 Å². The molecule has 2 fully saturated rings. The molecule has 1 aromatic rings. The van der Waals surface area contributed by atoms with Gasteiger partial charge in [-0.3, -0.25) is 9.69 Å². The Balaban J connectivity index is 1.46. The highest BCUT2D eigenvalue weighted by Crippen LogP contribution is 2.22. The molecule has 5 nitrogen and oxygen atoms in total. The van der Waals surface area contributed by atoms with Crippen molar-refractivity contribution < 1.29 is 9.53 Å². The largest absolute Gasteiger partial charge is 0.364 e. The molecule has 2 saturated heterocycles. The topological polar surface area (TPSA) is 67.6 Å². The molecule has 0 aromatic heterocycles. The van der Waals surface area contributed by atoms with Gasteiger partial charge in [0.1, 0.15) is 6.10 Å². The maximum absolute atomic E-state index is 12.4. The van der Waals surface area contributed by atoms with Gasteiger partial charge in [0.2, 0.25) is 5.91 Å². The fourth-order valence-electron chi connectivity index (χ4n) is 3.78. The van der Waals surface area contributed by atoms with Crippen molar-refractivity contribution >= 4 is 5.91 Å². The molecule has 0 radical (unpaired) electrons. The van der Waals surface area contributed by atoms with E-state index in [4.69, 9.17) is 10.5 Å². The molecule has 1 aromatic carbocycles. The van der Waals surface area contributed by atoms with E-state index in [2.05, 4.69) is 41.4 Å². The number of ether oxygens (including phenoxy) is 1. The minimum atomic E-state index is -0.312. The number of benzene rings is 1. The lowest BCUT2D eigenvalue weighted by Gasteiger charge is -2.37. The molecule has 2 unspecified atom stereocenters. The van der Waals surface area contributed by atoms with Crippen LogP contribution in [0.3, 0.4) is 0 Å². The number of nitrogens with zero attached hydrogens (tertiary/aromatic N) is 1. The fraction of sp³-hybridized carbons (Fsp3) is 0.632. The third-order valence-electron chi connectivity index (χ3n) is 5.23. The summed E-state index contributed by atoms with van der Waals surface area (Å²) in [5, 5.41) is 3.21. The molecule has 0 spiro atoms. The van der Waals surface area contributed by atoms with E-state index < -0.39 is 0 Å². The fourth-order valence-corrected chi connectivity index (χ4v) is 3.78. The molecule has 0 aliphatic carbocycles. The molecule has 0 bridgehead atoms. The number of nitrogens with two attached hydrogens (primary N) is 1. The van der Waals surface area contributed by atoms with Crippen LogP contribution in [0.2, 0.25) is 0 Å². The average molecular weight is 331 g/mol. The zero-order valence-electron chi connectivity index (χ0n) is 14.5. The van der Waals surface area contributed by atoms with Crippen LogP contribution in [0, 0.1) is 5.92 Å². The van der Waals surface area contributed by atoms with E-state index in [1.165, 1.54) is 5.56 Å². The summed E-state index contributed by atoms with van der Waals surface area (Å²) in [5.41, 5.74) is 6.97. The smallest absolute Gasteiger partial charge is 0.249 e. The molecule has 2 aliphatic heterocycles. The van der Waals surface area contributed by atoms with Gasteiger partial charge in [0.15, 0.2) is 0 Å². The standard InChI is InChI=1S/C19H29N3O2/c1-14-12-22(13-15-5-3-2-4-6-15)10-9-17(14)21-19(23)18-8-7-16(11-20)24-18/h2-6,14,16-18H,7-13,20H2,1H3,(H,21,23)/t14?,16-,17?,18+/m1/s1. The Morgan fingerprint density at radius 3 is 2.75 bits per heavy atom. The highest BCUT2D eigenvalue weighted by molar-refractivity contribution is 5.81. The van der Waals surface area contributed by atoms with Crippen LogP contribution in [-0.2, 0) is 16.1 Å². The van der Waals surface area contributed by atoms with E-state index in [0.29, 0.717) is 12.5 Å². The number of amides is 1. The predicted octanol–water partition coefficient (Wildman–Crippen LogP) is 1.52. The van der Waals surface area contributed by atoms with Gasteiger partial charge in [0, 0.05) is 32.2 Å². The second-order valence-electron chi connectivity index (χ2n) is 7.16. The van der Waals surface area contributed by atoms with Gasteiger partial charge in [0.25, 0.3) is 0 Å². The number of nitrogens with one attached hydrogen (secondary N) is 1. The van der Waals surface area contributed by atoms with Gasteiger partial charge in [-0.1, -0.05) is 37.3 Å². The van der Waals surface area contributed by atoms with Crippen molar-refractivity contribution in [3.8, 4) is 0 Å². The van der Waals surface area contributed by atoms with E-state index in [1.807, 2.05) is 6.07 Å². The number of rotatable bonds is 5. The quantitative estimate of drug-likeness (QED) is 0.858. The Hall–Kier alpha value is -1.43. The Morgan fingerprint density at radius 1 is 1.29 bits per heavy atom. The molecule has 4 atom stereocenters. The molecule has 2 aliphatic rings. The minimum Gasteiger partial charge on any atom is -0.364 e. The molecule has 132 valence electrons. The van der Waals surface area contributed by atoms with Crippen molar-refractivity contribution in [1.82, 2.24) is 10.2 Å². The summed E-state index contributed by atoms with van der Waals surface area (Å²) in [4.78, 5) is 14.9. The summed E-state index contributed by atoms with van der Waals surface area (Å²) in [7, 11) is 0. The summed E-state index contributed by atoms with van der Waals surface area (Å²) < 4.78 is 5.70. The molecule has 24 heavy (non-hydrogen) atoms. The van der Waals surface area contributed by atoms with Gasteiger partial charge in [0.05, 0.1) is 6.10 Å². The first-order valence-electron chi connectivity index (χ1n) is 9.08. The highest BCUT2D eigenvalue weighted by atomic mass is 16.5. The summed E-state index contributed by atoms with van der Waals surface area (Å²) in [6.45, 7) is 5.73. The second kappa shape index (κ2) is 8.10. The van der Waals surface area contributed by atoms with Crippen LogP contribution in [0.25, 0.3) is 0 Å². The van der Waals surface area contributed by atoms with Crippen LogP contribution in [0.1, 0.15) is 31.7 Å². The molecule has 3 rings (SSSR count). The van der Waals surface area contributed by atoms with Crippen LogP contribution in [0.5, 0.6) is 0 Å². The minimum absolute atomic E-state index is 0.0410. The van der Waals surface area contributed by atoms with Gasteiger partial charge >= 0.3 is 0 Å². The van der Waals surface area contributed by atoms with E-state index in [1.54, 1.807) is 0 Å². The molecular weight excluding hydrogens is 302 g/mol. The lowest BCUT2D eigenvalue weighted by Crippen LogP contribution is -2.51. The Kier molecular flexibility index (Phi) is 5.87. The summed E-state index contributed by atoms with van der Waals surface area (Å²) in [6.07, 6.45) is 2.40. The molecule has 1 amide bonds. The first kappa shape index (κ1) is 17.4. The Morgan fingerprint density at radius 2 is 2.08 bits per heavy atom. The average Bonchev–Trinajstić information content (AvgIpc) is 3.07. The third-order valence-corrected chi connectivity index (χ3v) is 5.23. The van der Waals surface area contributed by atoms with Crippen molar-refractivity contribution in [1.29, 1.82) is 0 Å². The number of piperidine rings is 1. The molecular formula is C19H29N3O2. The highest BCUT2D eigenvalue weighted by Gasteiger charge is 2.33. The van der Waals surface area contributed by atoms with Crippen LogP contribution in [0.15, 0.2) is 30.3 Å². The lowest BCUT2D eigenvalue weighted by molar-refractivity contribution is -0.133. The normalized spacial score (nSPS) is 31.1. The molecule has 3 N–H and O–H groups in total. The van der Waals surface area contributed by atoms with Crippen LogP contribution < -0.4 is 11.1 Å². The Bertz CT molecular complexity index is 537. The second-order valence-corrected chi connectivity index (χ2v) is 7.16. The van der Waals surface area contributed by atoms with E-state index in [0.717, 1.165) is 38.9 Å². The van der Waals surface area contributed by atoms with Gasteiger partial charge in [-0.15, -0.1) is 0 Å². The van der Waals surface area contributed by atoms with Crippen molar-refractivity contribution in [3.05, 3.63) is 35.9 Å². The van der Waals surface area contributed by atoms with Gasteiger partial charge in [-0.2, -0.15) is 0 Å². The third kappa shape index (κ3) is 4.35. The van der Waals surface area contributed by atoms with Crippen molar-refractivity contribution in [2.24, 2.45) is 11.7 Å². The Labute approximate surface area is 144 Å². The van der Waals surface area contributed by atoms with Gasteiger partial charge in [-0.05, 0) is 30.7 Å². The maximum Gasteiger partial charge on any atom is 0.249 e. The monoisotopic (exact) mass is 331 g/mol. The van der Waals surface area contributed by atoms with E-state index >= 15 is 0 Å². The SMILES string of the molecule is CC1CN(Cc2ccccc2)CCC1NC(=O)[C@@H]1CC[C@H](CN)O1. The predicted molar refractivity (Wildman–Crippen MR) is 94.4 cm³/mol. The van der Waals surface area contributed by atoms with E-state index in [9.17, 15) is 4.79 Å². The first-order chi connectivity index (χ1) is 11.7. The number of hydrogen-bond acceptors (Lipinski definition) is 4. The van der Waals surface area contributed by atoms with Crippen LogP contribution >= 0.6 is 0 Å². The number of hydrogen-bond donors (Lipinski definition) is 2. The number of carbonyl (C=O) groups is 1. The molecule has 5 heteroatoms. The van der Waals surface area contributed by atoms with E-state index in [-0.39, 0.29) is 24.2 Å². The lowest BCUT2D eigenvalue weighted by atomic mass is 9.93. The maximum atomic E-state index is 12.4. The summed E-state index contributed by atoms with van der Waals surface area (Å²) in [5.74, 6) is 0.484. The van der Waals surface area contributed by atoms with Crippen molar-refractivity contribution in [2.75, 3.05) is 19.6 Å². The van der Waals surface area contributed by atoms with Gasteiger partial charge < -0.3 is 15.8 Å². The zero-order valence-corrected chi connectivity index (χ0v) is 14.5. The first-order valence-corrected chi connectivity index (χ1v) is 9.08. The van der Waals surface area contributed by atoms with Crippen LogP contribution in [0.4, 0.5) is 0 Å². The zero-order chi connectivity index (χ0) is 16.9. The summed E-state index contributed by atoms with van der Waals surface area (Å²) in [6, 6.07) is 10.8. The van der Waals surface area contributed by atoms with Gasteiger partial charge in [-0.25, -0.2) is 0 Å². The number of carbonyl (C=O) groups excluding carboxylic acids is 1. The molecule has 0 saturated carbocycles. The number of likely N-dealkylation sites (tertiary alicyclic amines) is 1. The molecule has 2 heterocycles. The van der Waals surface area contributed by atoms with Crippen molar-refractivity contribution in [2.45, 2.75) is 51.0 Å². The van der Waals surface area contributed by atoms with Crippen LogP contribution in [-0.4, -0.2) is 48.7 Å².